The molecule has 0 fully saturated rings. The molecule has 4 amide bonds. The summed E-state index contributed by atoms with van der Waals surface area (Å²) in [6.07, 6.45) is 19.2. The Hall–Kier alpha value is -6.36. The maximum atomic E-state index is 14.7. The first-order valence-electron chi connectivity index (χ1n) is 33.7. The summed E-state index contributed by atoms with van der Waals surface area (Å²) in [5.74, 6) is -8.04. The van der Waals surface area contributed by atoms with Crippen molar-refractivity contribution < 1.29 is 53.4 Å². The maximum absolute atomic E-state index is 14.7. The second-order valence-electron chi connectivity index (χ2n) is 26.6. The molecule has 1 heterocycles. The predicted octanol–water partition coefficient (Wildman–Crippen LogP) is 11.6. The zero-order valence-corrected chi connectivity index (χ0v) is 55.7. The number of aromatic hydroxyl groups is 1. The number of imidazole rings is 1. The van der Waals surface area contributed by atoms with Crippen LogP contribution in [0.2, 0.25) is 0 Å². The van der Waals surface area contributed by atoms with Crippen LogP contribution in [0.1, 0.15) is 227 Å². The molecule has 89 heavy (non-hydrogen) atoms. The van der Waals surface area contributed by atoms with Gasteiger partial charge in [0.1, 0.15) is 17.6 Å². The van der Waals surface area contributed by atoms with Gasteiger partial charge < -0.3 is 36.5 Å². The molecule has 0 radical (unpaired) electrons. The number of carbonyl (C=O) groups is 9. The lowest BCUT2D eigenvalue weighted by Crippen LogP contribution is -2.51. The van der Waals surface area contributed by atoms with Gasteiger partial charge >= 0.3 is 0 Å². The smallest absolute Gasteiger partial charge is 0.224 e. The van der Waals surface area contributed by atoms with Gasteiger partial charge in [-0.3, -0.25) is 43.2 Å². The average molecular weight is 1240 g/mol. The van der Waals surface area contributed by atoms with E-state index >= 15 is 0 Å². The van der Waals surface area contributed by atoms with Gasteiger partial charge in [0.15, 0.2) is 23.1 Å². The molecule has 0 unspecified atom stereocenters. The van der Waals surface area contributed by atoms with E-state index in [0.717, 1.165) is 24.8 Å². The Balaban J connectivity index is 1.79. The quantitative estimate of drug-likeness (QED) is 0.0260. The number of amides is 4. The van der Waals surface area contributed by atoms with Crippen molar-refractivity contribution in [3.05, 3.63) is 83.9 Å². The lowest BCUT2D eigenvalue weighted by atomic mass is 9.84. The molecule has 0 aliphatic carbocycles. The van der Waals surface area contributed by atoms with Crippen LogP contribution in [0.4, 0.5) is 0 Å². The van der Waals surface area contributed by atoms with E-state index in [1.807, 2.05) is 85.7 Å². The number of aliphatic hydroxyl groups excluding tert-OH is 1. The van der Waals surface area contributed by atoms with Gasteiger partial charge in [0.05, 0.1) is 37.0 Å². The molecule has 0 bridgehead atoms. The van der Waals surface area contributed by atoms with E-state index in [0.29, 0.717) is 36.9 Å². The standard InChI is InChI=1S/C72H112N6O11/c1-11-13-14-15-16-17-18-19-20-21-22-23-27-30-68(86)75-61(36-49(5)6)64(82)43-57(39-54-31-33-60(81)34-32-54)70(87)76-62(37-50(7)8)65(83)44-58(40-59-45-73-47-74-59)71(88)77-63(46-79)66(84)42-56(35-48(3)4)72(89)78-69(51(9)12-2)67(85)41-55(52(10)80)38-53-28-25-24-26-29-53/h24-26,28-29,31-34,45,47-51,55-58,61-63,69,79,81H,11-23,27,30,35-44,46H2,1-10H3,(H,73,74)(H,75,86)(H,76,87)(H,77,88)(H,78,89)/t51-,55+,56+,57+,58+,61-,62-,63-,69-/m0/s1. The number of aromatic nitrogens is 2. The van der Waals surface area contributed by atoms with E-state index in [4.69, 9.17) is 0 Å². The molecular weight excluding hydrogens is 1120 g/mol. The highest BCUT2D eigenvalue weighted by Gasteiger charge is 2.37. The van der Waals surface area contributed by atoms with Crippen molar-refractivity contribution in [1.82, 2.24) is 31.2 Å². The first-order valence-corrected chi connectivity index (χ1v) is 33.7. The largest absolute Gasteiger partial charge is 0.508 e. The number of rotatable bonds is 49. The van der Waals surface area contributed by atoms with E-state index in [-0.39, 0.29) is 104 Å². The molecule has 7 N–H and O–H groups in total. The van der Waals surface area contributed by atoms with Crippen LogP contribution in [0.15, 0.2) is 67.1 Å². The number of carbonyl (C=O) groups excluding carboxylic acids is 9. The lowest BCUT2D eigenvalue weighted by molar-refractivity contribution is -0.137. The molecule has 0 saturated heterocycles. The fourth-order valence-electron chi connectivity index (χ4n) is 11.6. The number of phenols is 1. The Morgan fingerprint density at radius 2 is 0.944 bits per heavy atom. The molecule has 0 aliphatic heterocycles. The number of hydrogen-bond acceptors (Lipinski definition) is 12. The molecule has 1 aromatic heterocycles. The number of aromatic amines is 1. The minimum atomic E-state index is -1.47. The van der Waals surface area contributed by atoms with Crippen LogP contribution < -0.4 is 21.3 Å². The van der Waals surface area contributed by atoms with Crippen LogP contribution in [0, 0.1) is 47.3 Å². The number of nitrogens with one attached hydrogen (secondary N) is 5. The van der Waals surface area contributed by atoms with E-state index in [1.54, 1.807) is 12.1 Å². The third-order valence-corrected chi connectivity index (χ3v) is 17.1. The summed E-state index contributed by atoms with van der Waals surface area (Å²) < 4.78 is 0. The Bertz CT molecular complexity index is 2590. The molecule has 2 aromatic carbocycles. The highest BCUT2D eigenvalue weighted by Crippen LogP contribution is 2.25. The summed E-state index contributed by atoms with van der Waals surface area (Å²) in [6.45, 7) is 18.1. The topological polar surface area (TPSA) is 271 Å². The van der Waals surface area contributed by atoms with Gasteiger partial charge in [-0.25, -0.2) is 4.98 Å². The third kappa shape index (κ3) is 30.8. The van der Waals surface area contributed by atoms with Crippen LogP contribution in [-0.2, 0) is 62.4 Å². The second-order valence-corrected chi connectivity index (χ2v) is 26.6. The SMILES string of the molecule is CCCCCCCCCCCCCCCC(=O)N[C@@H](CC(C)C)C(=O)C[C@@H](Cc1ccc(O)cc1)C(=O)N[C@@H](CC(C)C)C(=O)C[C@@H](Cc1cnc[nH]1)C(=O)N[C@@H](CO)C(=O)C[C@@H](CC(C)C)C(=O)N[C@H](C(=O)C[C@@H](Cc1ccccc1)C(C)=O)[C@@H](C)CC. The van der Waals surface area contributed by atoms with Gasteiger partial charge in [-0.1, -0.05) is 188 Å². The fraction of sp³-hybridized carbons (Fsp3) is 0.667. The zero-order chi connectivity index (χ0) is 65.8. The van der Waals surface area contributed by atoms with E-state index in [9.17, 15) is 53.4 Å². The van der Waals surface area contributed by atoms with E-state index in [2.05, 4.69) is 38.2 Å². The summed E-state index contributed by atoms with van der Waals surface area (Å²) in [4.78, 5) is 134. The van der Waals surface area contributed by atoms with Gasteiger partial charge in [-0.05, 0) is 92.4 Å². The minimum absolute atomic E-state index is 0.0228. The van der Waals surface area contributed by atoms with Crippen LogP contribution in [0.5, 0.6) is 5.75 Å². The highest BCUT2D eigenvalue weighted by atomic mass is 16.3. The Labute approximate surface area is 532 Å². The van der Waals surface area contributed by atoms with Crippen molar-refractivity contribution in [1.29, 1.82) is 0 Å². The van der Waals surface area contributed by atoms with Crippen molar-refractivity contribution in [2.24, 2.45) is 47.3 Å². The van der Waals surface area contributed by atoms with E-state index < -0.39 is 90.2 Å². The maximum Gasteiger partial charge on any atom is 0.224 e. The normalized spacial score (nSPS) is 14.6. The van der Waals surface area contributed by atoms with Crippen LogP contribution in [-0.4, -0.2) is 104 Å². The summed E-state index contributed by atoms with van der Waals surface area (Å²) in [7, 11) is 0. The average Bonchev–Trinajstić information content (AvgIpc) is 4.16. The summed E-state index contributed by atoms with van der Waals surface area (Å²) in [5.41, 5.74) is 2.07. The number of phenolic OH excluding ortho intramolecular Hbond substituents is 1. The zero-order valence-electron chi connectivity index (χ0n) is 55.7. The Morgan fingerprint density at radius 3 is 1.44 bits per heavy atom. The van der Waals surface area contributed by atoms with E-state index in [1.165, 1.54) is 89.4 Å². The molecule has 17 heteroatoms. The third-order valence-electron chi connectivity index (χ3n) is 17.1. The van der Waals surface area contributed by atoms with Gasteiger partial charge in [0.25, 0.3) is 0 Å². The monoisotopic (exact) mass is 1240 g/mol. The van der Waals surface area contributed by atoms with Crippen molar-refractivity contribution >= 4 is 52.5 Å². The number of H-pyrrole nitrogens is 1. The summed E-state index contributed by atoms with van der Waals surface area (Å²) in [5, 5.41) is 32.4. The van der Waals surface area contributed by atoms with Gasteiger partial charge in [-0.15, -0.1) is 0 Å². The van der Waals surface area contributed by atoms with Crippen molar-refractivity contribution in [2.75, 3.05) is 6.61 Å². The predicted molar refractivity (Wildman–Crippen MR) is 350 cm³/mol. The highest BCUT2D eigenvalue weighted by molar-refractivity contribution is 5.98. The number of aliphatic hydroxyl groups is 1. The first kappa shape index (κ1) is 76.9. The van der Waals surface area contributed by atoms with Crippen molar-refractivity contribution in [3.8, 4) is 5.75 Å². The van der Waals surface area contributed by atoms with Crippen LogP contribution in [0.3, 0.4) is 0 Å². The van der Waals surface area contributed by atoms with Crippen molar-refractivity contribution in [3.63, 3.8) is 0 Å². The molecule has 17 nitrogen and oxygen atoms in total. The van der Waals surface area contributed by atoms with Gasteiger partial charge in [0.2, 0.25) is 23.6 Å². The minimum Gasteiger partial charge on any atom is -0.508 e. The molecule has 3 aromatic rings. The number of hydrogen-bond donors (Lipinski definition) is 7. The second kappa shape index (κ2) is 42.6. The van der Waals surface area contributed by atoms with Crippen molar-refractivity contribution in [2.45, 2.75) is 254 Å². The number of benzene rings is 2. The Morgan fingerprint density at radius 1 is 0.494 bits per heavy atom. The number of unbranched alkanes of at least 4 members (excludes halogenated alkanes) is 12. The number of Topliss-reactive ketones (excluding diaryl/α,β-unsaturated/α-hetero) is 5. The Kier molecular flexibility index (Phi) is 36.8. The first-order chi connectivity index (χ1) is 42.4. The number of ketones is 5. The van der Waals surface area contributed by atoms with Crippen LogP contribution in [0.25, 0.3) is 0 Å². The summed E-state index contributed by atoms with van der Waals surface area (Å²) >= 11 is 0. The molecule has 0 saturated carbocycles. The molecular formula is C72H112N6O11. The fourth-order valence-corrected chi connectivity index (χ4v) is 11.6. The number of nitrogens with zero attached hydrogens (tertiary/aromatic N) is 1. The molecule has 9 atom stereocenters. The molecule has 3 rings (SSSR count). The molecule has 496 valence electrons. The van der Waals surface area contributed by atoms with Gasteiger partial charge in [0, 0.05) is 68.2 Å². The van der Waals surface area contributed by atoms with Gasteiger partial charge in [-0.2, -0.15) is 0 Å². The molecule has 0 spiro atoms. The van der Waals surface area contributed by atoms with Crippen LogP contribution >= 0.6 is 0 Å². The lowest BCUT2D eigenvalue weighted by Gasteiger charge is -2.28. The molecule has 0 aliphatic rings. The summed E-state index contributed by atoms with van der Waals surface area (Å²) in [6, 6.07) is 11.3.